The average molecular weight is 374 g/mol. The molecule has 2 heterocycles. The van der Waals surface area contributed by atoms with Gasteiger partial charge in [0.2, 0.25) is 0 Å². The Morgan fingerprint density at radius 3 is 2.65 bits per heavy atom. The van der Waals surface area contributed by atoms with Gasteiger partial charge in [0.15, 0.2) is 5.13 Å². The molecule has 0 aliphatic heterocycles. The van der Waals surface area contributed by atoms with Crippen LogP contribution in [0.5, 0.6) is 0 Å². The van der Waals surface area contributed by atoms with Crippen LogP contribution >= 0.6 is 38.6 Å². The minimum Gasteiger partial charge on any atom is -0.347 e. The molecule has 0 spiro atoms. The van der Waals surface area contributed by atoms with E-state index in [0.29, 0.717) is 0 Å². The van der Waals surface area contributed by atoms with Crippen molar-refractivity contribution in [2.75, 3.05) is 11.9 Å². The topological polar surface area (TPSA) is 28.2 Å². The molecule has 0 aromatic carbocycles. The summed E-state index contributed by atoms with van der Waals surface area (Å²) in [4.78, 5) is 6.88. The number of hydrogen-bond acceptors (Lipinski definition) is 5. The van der Waals surface area contributed by atoms with Crippen LogP contribution in [0.4, 0.5) is 5.13 Å². The Labute approximate surface area is 137 Å². The highest BCUT2D eigenvalue weighted by molar-refractivity contribution is 9.11. The second kappa shape index (κ2) is 6.56. The van der Waals surface area contributed by atoms with Gasteiger partial charge in [0.1, 0.15) is 0 Å². The Hall–Kier alpha value is -0.430. The zero-order valence-corrected chi connectivity index (χ0v) is 15.5. The molecule has 2 rings (SSSR count). The fraction of sp³-hybridized carbons (Fsp3) is 0.500. The molecule has 0 atom stereocenters. The highest BCUT2D eigenvalue weighted by atomic mass is 79.9. The lowest BCUT2D eigenvalue weighted by Crippen LogP contribution is -2.35. The van der Waals surface area contributed by atoms with Gasteiger partial charge in [0.05, 0.1) is 9.48 Å². The smallest absolute Gasteiger partial charge is 0.185 e. The molecule has 0 fully saturated rings. The molecule has 2 aromatic heterocycles. The molecule has 0 saturated carbocycles. The van der Waals surface area contributed by atoms with Gasteiger partial charge in [-0.15, -0.1) is 22.7 Å². The summed E-state index contributed by atoms with van der Waals surface area (Å²) in [6, 6.07) is 2.16. The zero-order chi connectivity index (χ0) is 14.8. The highest BCUT2D eigenvalue weighted by Crippen LogP contribution is 2.25. The van der Waals surface area contributed by atoms with E-state index in [1.54, 1.807) is 22.7 Å². The average Bonchev–Trinajstić information content (AvgIpc) is 2.95. The minimum absolute atomic E-state index is 0.124. The first kappa shape index (κ1) is 15.9. The second-order valence-corrected chi connectivity index (χ2v) is 8.97. The van der Waals surface area contributed by atoms with Gasteiger partial charge in [0, 0.05) is 31.1 Å². The van der Waals surface area contributed by atoms with Crippen molar-refractivity contribution in [3.05, 3.63) is 31.9 Å². The molecular weight excluding hydrogens is 354 g/mol. The number of nitrogens with zero attached hydrogens (tertiary/aromatic N) is 2. The summed E-state index contributed by atoms with van der Waals surface area (Å²) in [5.41, 5.74) is 2.55. The Balaban J connectivity index is 1.94. The number of halogens is 1. The fourth-order valence-corrected chi connectivity index (χ4v) is 3.67. The van der Waals surface area contributed by atoms with Crippen LogP contribution in [-0.4, -0.2) is 17.6 Å². The summed E-state index contributed by atoms with van der Waals surface area (Å²) in [5.74, 6) is 0. The lowest BCUT2D eigenvalue weighted by Gasteiger charge is -2.19. The summed E-state index contributed by atoms with van der Waals surface area (Å²) in [6.45, 7) is 8.21. The van der Waals surface area contributed by atoms with E-state index in [4.69, 9.17) is 0 Å². The SMILES string of the molecule is CN(Cc1csc(Br)c1)c1nc(CNC(C)(C)C)cs1. The van der Waals surface area contributed by atoms with E-state index in [9.17, 15) is 0 Å². The number of nitrogens with one attached hydrogen (secondary N) is 1. The van der Waals surface area contributed by atoms with Gasteiger partial charge in [0.25, 0.3) is 0 Å². The maximum Gasteiger partial charge on any atom is 0.185 e. The Kier molecular flexibility index (Phi) is 5.23. The van der Waals surface area contributed by atoms with E-state index in [1.165, 1.54) is 9.35 Å². The standard InChI is InChI=1S/C14H20BrN3S2/c1-14(2,3)16-6-11-9-20-13(17-11)18(4)7-10-5-12(15)19-8-10/h5,8-9,16H,6-7H2,1-4H3. The van der Waals surface area contributed by atoms with Gasteiger partial charge in [-0.3, -0.25) is 0 Å². The van der Waals surface area contributed by atoms with Gasteiger partial charge in [-0.2, -0.15) is 0 Å². The van der Waals surface area contributed by atoms with Crippen LogP contribution < -0.4 is 10.2 Å². The zero-order valence-electron chi connectivity index (χ0n) is 12.2. The van der Waals surface area contributed by atoms with Crippen molar-refractivity contribution < 1.29 is 0 Å². The van der Waals surface area contributed by atoms with Crippen LogP contribution in [0.2, 0.25) is 0 Å². The van der Waals surface area contributed by atoms with E-state index in [0.717, 1.165) is 23.9 Å². The van der Waals surface area contributed by atoms with Gasteiger partial charge in [-0.25, -0.2) is 4.98 Å². The summed E-state index contributed by atoms with van der Waals surface area (Å²) in [7, 11) is 2.09. The van der Waals surface area contributed by atoms with Crippen molar-refractivity contribution in [2.45, 2.75) is 39.4 Å². The minimum atomic E-state index is 0.124. The number of anilines is 1. The molecule has 0 unspecified atom stereocenters. The summed E-state index contributed by atoms with van der Waals surface area (Å²) in [6.07, 6.45) is 0. The molecule has 0 bridgehead atoms. The Morgan fingerprint density at radius 1 is 1.30 bits per heavy atom. The molecule has 20 heavy (non-hydrogen) atoms. The molecule has 110 valence electrons. The summed E-state index contributed by atoms with van der Waals surface area (Å²) >= 11 is 6.92. The van der Waals surface area contributed by atoms with Gasteiger partial charge >= 0.3 is 0 Å². The third-order valence-corrected chi connectivity index (χ3v) is 5.26. The first-order valence-corrected chi connectivity index (χ1v) is 9.02. The summed E-state index contributed by atoms with van der Waals surface area (Å²) < 4.78 is 1.18. The predicted molar refractivity (Wildman–Crippen MR) is 92.8 cm³/mol. The van der Waals surface area contributed by atoms with Gasteiger partial charge in [-0.05, 0) is 53.7 Å². The van der Waals surface area contributed by atoms with Crippen LogP contribution in [0.15, 0.2) is 20.6 Å². The predicted octanol–water partition coefficient (Wildman–Crippen LogP) is 4.49. The van der Waals surface area contributed by atoms with Crippen LogP contribution in [-0.2, 0) is 13.1 Å². The lowest BCUT2D eigenvalue weighted by atomic mass is 10.1. The molecular formula is C14H20BrN3S2. The molecule has 0 saturated heterocycles. The van der Waals surface area contributed by atoms with E-state index >= 15 is 0 Å². The van der Waals surface area contributed by atoms with E-state index in [1.807, 2.05) is 0 Å². The monoisotopic (exact) mass is 373 g/mol. The molecule has 1 N–H and O–H groups in total. The second-order valence-electron chi connectivity index (χ2n) is 5.84. The van der Waals surface area contributed by atoms with Crippen LogP contribution in [0.1, 0.15) is 32.0 Å². The first-order chi connectivity index (χ1) is 9.33. The lowest BCUT2D eigenvalue weighted by molar-refractivity contribution is 0.422. The fourth-order valence-electron chi connectivity index (χ4n) is 1.68. The largest absolute Gasteiger partial charge is 0.347 e. The number of hydrogen-bond donors (Lipinski definition) is 1. The molecule has 0 aliphatic rings. The first-order valence-electron chi connectivity index (χ1n) is 6.47. The van der Waals surface area contributed by atoms with Crippen LogP contribution in [0.25, 0.3) is 0 Å². The number of rotatable bonds is 5. The van der Waals surface area contributed by atoms with Crippen molar-refractivity contribution in [2.24, 2.45) is 0 Å². The van der Waals surface area contributed by atoms with Crippen LogP contribution in [0.3, 0.4) is 0 Å². The molecule has 0 amide bonds. The van der Waals surface area contributed by atoms with E-state index < -0.39 is 0 Å². The van der Waals surface area contributed by atoms with Gasteiger partial charge in [-0.1, -0.05) is 0 Å². The third kappa shape index (κ3) is 4.84. The third-order valence-electron chi connectivity index (χ3n) is 2.71. The van der Waals surface area contributed by atoms with Crippen molar-refractivity contribution in [1.29, 1.82) is 0 Å². The van der Waals surface area contributed by atoms with Crippen molar-refractivity contribution in [3.8, 4) is 0 Å². The quantitative estimate of drug-likeness (QED) is 0.836. The Bertz CT molecular complexity index is 557. The van der Waals surface area contributed by atoms with Crippen LogP contribution in [0, 0.1) is 0 Å². The summed E-state index contributed by atoms with van der Waals surface area (Å²) in [5, 5.41) is 8.84. The van der Waals surface area contributed by atoms with Crippen molar-refractivity contribution in [1.82, 2.24) is 10.3 Å². The number of aromatic nitrogens is 1. The molecule has 6 heteroatoms. The normalized spacial score (nSPS) is 11.8. The molecule has 2 aromatic rings. The Morgan fingerprint density at radius 2 is 2.05 bits per heavy atom. The van der Waals surface area contributed by atoms with E-state index in [-0.39, 0.29) is 5.54 Å². The maximum atomic E-state index is 4.69. The van der Waals surface area contributed by atoms with Crippen molar-refractivity contribution >= 4 is 43.7 Å². The number of thiazole rings is 1. The molecule has 0 aliphatic carbocycles. The molecule has 3 nitrogen and oxygen atoms in total. The number of thiophene rings is 1. The molecule has 0 radical (unpaired) electrons. The maximum absolute atomic E-state index is 4.69. The van der Waals surface area contributed by atoms with E-state index in [2.05, 4.69) is 75.8 Å². The van der Waals surface area contributed by atoms with Gasteiger partial charge < -0.3 is 10.2 Å². The van der Waals surface area contributed by atoms with Crippen molar-refractivity contribution in [3.63, 3.8) is 0 Å². The highest BCUT2D eigenvalue weighted by Gasteiger charge is 2.12.